The monoisotopic (exact) mass is 287 g/mol. The minimum absolute atomic E-state index is 0.157. The normalized spacial score (nSPS) is 14.2. The predicted octanol–water partition coefficient (Wildman–Crippen LogP) is 1.85. The van der Waals surface area contributed by atoms with E-state index in [4.69, 9.17) is 15.2 Å². The predicted molar refractivity (Wildman–Crippen MR) is 78.8 cm³/mol. The average Bonchev–Trinajstić information content (AvgIpc) is 3.01. The Balaban J connectivity index is 1.84. The van der Waals surface area contributed by atoms with E-state index in [-0.39, 0.29) is 12.0 Å². The van der Waals surface area contributed by atoms with E-state index >= 15 is 0 Å². The standard InChI is InChI=1S/C14H17N5O2/c1-20-10-5-4-6-11(9-10)21-14-17-12(15)16-13(18-14)19-7-2-3-8-19/h4-6,9H,2-3,7-8H2,1H3,(H2,15,16,17,18). The molecule has 0 atom stereocenters. The van der Waals surface area contributed by atoms with Crippen molar-refractivity contribution in [1.29, 1.82) is 0 Å². The molecule has 110 valence electrons. The third kappa shape index (κ3) is 3.13. The maximum absolute atomic E-state index is 5.74. The lowest BCUT2D eigenvalue weighted by Gasteiger charge is -2.15. The number of hydrogen-bond donors (Lipinski definition) is 1. The summed E-state index contributed by atoms with van der Waals surface area (Å²) in [7, 11) is 1.60. The van der Waals surface area contributed by atoms with Gasteiger partial charge in [0.1, 0.15) is 11.5 Å². The fourth-order valence-corrected chi connectivity index (χ4v) is 2.24. The largest absolute Gasteiger partial charge is 0.497 e. The van der Waals surface area contributed by atoms with E-state index in [0.29, 0.717) is 17.4 Å². The lowest BCUT2D eigenvalue weighted by Crippen LogP contribution is -2.21. The summed E-state index contributed by atoms with van der Waals surface area (Å²) in [6.45, 7) is 1.87. The Bertz CT molecular complexity index is 629. The van der Waals surface area contributed by atoms with Crippen LogP contribution >= 0.6 is 0 Å². The van der Waals surface area contributed by atoms with Gasteiger partial charge in [-0.25, -0.2) is 0 Å². The number of rotatable bonds is 4. The molecular formula is C14H17N5O2. The zero-order valence-corrected chi connectivity index (χ0v) is 11.8. The van der Waals surface area contributed by atoms with Crippen LogP contribution in [0, 0.1) is 0 Å². The Kier molecular flexibility index (Phi) is 3.72. The lowest BCUT2D eigenvalue weighted by molar-refractivity contribution is 0.404. The molecule has 1 aromatic carbocycles. The highest BCUT2D eigenvalue weighted by Crippen LogP contribution is 2.25. The molecule has 1 aliphatic rings. The van der Waals surface area contributed by atoms with Gasteiger partial charge in [-0.2, -0.15) is 15.0 Å². The summed E-state index contributed by atoms with van der Waals surface area (Å²) in [6.07, 6.45) is 2.27. The van der Waals surface area contributed by atoms with E-state index in [2.05, 4.69) is 19.9 Å². The minimum atomic E-state index is 0.157. The van der Waals surface area contributed by atoms with Gasteiger partial charge in [-0.05, 0) is 25.0 Å². The van der Waals surface area contributed by atoms with Crippen LogP contribution in [0.25, 0.3) is 0 Å². The zero-order chi connectivity index (χ0) is 14.7. The summed E-state index contributed by atoms with van der Waals surface area (Å²) >= 11 is 0. The molecule has 1 aliphatic heterocycles. The van der Waals surface area contributed by atoms with E-state index in [1.54, 1.807) is 19.2 Å². The van der Waals surface area contributed by atoms with Crippen LogP contribution in [0.3, 0.4) is 0 Å². The first-order valence-corrected chi connectivity index (χ1v) is 6.83. The van der Waals surface area contributed by atoms with Crippen LogP contribution in [-0.4, -0.2) is 35.2 Å². The van der Waals surface area contributed by atoms with Crippen LogP contribution < -0.4 is 20.1 Å². The number of hydrogen-bond acceptors (Lipinski definition) is 7. The Morgan fingerprint density at radius 1 is 1.10 bits per heavy atom. The van der Waals surface area contributed by atoms with E-state index in [1.807, 2.05) is 12.1 Å². The van der Waals surface area contributed by atoms with Crippen LogP contribution in [0.2, 0.25) is 0 Å². The highest BCUT2D eigenvalue weighted by atomic mass is 16.5. The molecular weight excluding hydrogens is 270 g/mol. The molecule has 2 aromatic rings. The van der Waals surface area contributed by atoms with Crippen molar-refractivity contribution in [2.75, 3.05) is 30.8 Å². The second kappa shape index (κ2) is 5.82. The molecule has 0 radical (unpaired) electrons. The quantitative estimate of drug-likeness (QED) is 0.918. The van der Waals surface area contributed by atoms with Crippen molar-refractivity contribution in [1.82, 2.24) is 15.0 Å². The molecule has 1 fully saturated rings. The van der Waals surface area contributed by atoms with Crippen molar-refractivity contribution >= 4 is 11.9 Å². The first-order valence-electron chi connectivity index (χ1n) is 6.83. The maximum Gasteiger partial charge on any atom is 0.328 e. The van der Waals surface area contributed by atoms with Crippen molar-refractivity contribution in [3.63, 3.8) is 0 Å². The Morgan fingerprint density at radius 2 is 1.86 bits per heavy atom. The van der Waals surface area contributed by atoms with Gasteiger partial charge in [0.15, 0.2) is 0 Å². The summed E-state index contributed by atoms with van der Waals surface area (Å²) in [5, 5.41) is 0. The lowest BCUT2D eigenvalue weighted by atomic mass is 10.3. The van der Waals surface area contributed by atoms with Gasteiger partial charge in [0.25, 0.3) is 0 Å². The molecule has 0 unspecified atom stereocenters. The van der Waals surface area contributed by atoms with Crippen molar-refractivity contribution in [2.24, 2.45) is 0 Å². The van der Waals surface area contributed by atoms with Crippen molar-refractivity contribution in [3.05, 3.63) is 24.3 Å². The van der Waals surface area contributed by atoms with Crippen molar-refractivity contribution in [2.45, 2.75) is 12.8 Å². The molecule has 2 N–H and O–H groups in total. The number of ether oxygens (including phenoxy) is 2. The van der Waals surface area contributed by atoms with E-state index in [1.165, 1.54) is 0 Å². The van der Waals surface area contributed by atoms with Gasteiger partial charge < -0.3 is 20.1 Å². The topological polar surface area (TPSA) is 86.4 Å². The highest BCUT2D eigenvalue weighted by molar-refractivity contribution is 5.39. The Morgan fingerprint density at radius 3 is 2.62 bits per heavy atom. The SMILES string of the molecule is COc1cccc(Oc2nc(N)nc(N3CCCC3)n2)c1. The molecule has 0 spiro atoms. The van der Waals surface area contributed by atoms with Crippen LogP contribution in [0.5, 0.6) is 17.5 Å². The van der Waals surface area contributed by atoms with Gasteiger partial charge in [-0.1, -0.05) is 6.07 Å². The number of aromatic nitrogens is 3. The average molecular weight is 287 g/mol. The van der Waals surface area contributed by atoms with Gasteiger partial charge in [-0.3, -0.25) is 0 Å². The van der Waals surface area contributed by atoms with Crippen molar-refractivity contribution in [3.8, 4) is 17.5 Å². The smallest absolute Gasteiger partial charge is 0.328 e. The van der Waals surface area contributed by atoms with Gasteiger partial charge in [0.05, 0.1) is 7.11 Å². The summed E-state index contributed by atoms with van der Waals surface area (Å²) < 4.78 is 10.8. The van der Waals surface area contributed by atoms with Crippen LogP contribution in [0.15, 0.2) is 24.3 Å². The Hall–Kier alpha value is -2.57. The molecule has 3 rings (SSSR count). The molecule has 2 heterocycles. The van der Waals surface area contributed by atoms with Crippen molar-refractivity contribution < 1.29 is 9.47 Å². The van der Waals surface area contributed by atoms with Gasteiger partial charge in [0, 0.05) is 19.2 Å². The number of nitrogen functional groups attached to an aromatic ring is 1. The first kappa shape index (κ1) is 13.4. The number of benzene rings is 1. The molecule has 21 heavy (non-hydrogen) atoms. The summed E-state index contributed by atoms with van der Waals surface area (Å²) in [6, 6.07) is 7.43. The van der Waals surface area contributed by atoms with Crippen LogP contribution in [0.4, 0.5) is 11.9 Å². The molecule has 0 aliphatic carbocycles. The fourth-order valence-electron chi connectivity index (χ4n) is 2.24. The van der Waals surface area contributed by atoms with Crippen LogP contribution in [0.1, 0.15) is 12.8 Å². The van der Waals surface area contributed by atoms with Gasteiger partial charge in [0.2, 0.25) is 11.9 Å². The number of nitrogens with two attached hydrogens (primary N) is 1. The van der Waals surface area contributed by atoms with Crippen LogP contribution in [-0.2, 0) is 0 Å². The Labute approximate surface area is 122 Å². The molecule has 7 nitrogen and oxygen atoms in total. The molecule has 0 saturated carbocycles. The number of anilines is 2. The molecule has 1 aromatic heterocycles. The molecule has 0 amide bonds. The number of nitrogens with zero attached hydrogens (tertiary/aromatic N) is 4. The van der Waals surface area contributed by atoms with E-state index in [0.717, 1.165) is 25.9 Å². The third-order valence-corrected chi connectivity index (χ3v) is 3.26. The number of methoxy groups -OCH3 is 1. The van der Waals surface area contributed by atoms with Gasteiger partial charge in [-0.15, -0.1) is 0 Å². The summed E-state index contributed by atoms with van der Waals surface area (Å²) in [5.41, 5.74) is 5.74. The molecule has 7 heteroatoms. The van der Waals surface area contributed by atoms with E-state index in [9.17, 15) is 0 Å². The van der Waals surface area contributed by atoms with E-state index < -0.39 is 0 Å². The molecule has 1 saturated heterocycles. The second-order valence-electron chi connectivity index (χ2n) is 4.75. The second-order valence-corrected chi connectivity index (χ2v) is 4.75. The maximum atomic E-state index is 5.74. The highest BCUT2D eigenvalue weighted by Gasteiger charge is 2.17. The summed E-state index contributed by atoms with van der Waals surface area (Å²) in [4.78, 5) is 14.6. The summed E-state index contributed by atoms with van der Waals surface area (Å²) in [5.74, 6) is 2.02. The fraction of sp³-hybridized carbons (Fsp3) is 0.357. The van der Waals surface area contributed by atoms with Gasteiger partial charge >= 0.3 is 6.01 Å². The third-order valence-electron chi connectivity index (χ3n) is 3.26. The molecule has 0 bridgehead atoms. The minimum Gasteiger partial charge on any atom is -0.497 e. The zero-order valence-electron chi connectivity index (χ0n) is 11.8. The first-order chi connectivity index (χ1) is 10.2.